The van der Waals surface area contributed by atoms with Crippen LogP contribution < -0.4 is 11.3 Å². The first-order valence-corrected chi connectivity index (χ1v) is 9.44. The van der Waals surface area contributed by atoms with Gasteiger partial charge in [0.25, 0.3) is 5.56 Å². The van der Waals surface area contributed by atoms with Crippen LogP contribution in [-0.4, -0.2) is 33.9 Å². The number of hydrogen-bond donors (Lipinski definition) is 2. The van der Waals surface area contributed by atoms with Gasteiger partial charge in [-0.15, -0.1) is 0 Å². The summed E-state index contributed by atoms with van der Waals surface area (Å²) in [5.41, 5.74) is 9.20. The molecule has 1 fully saturated rings. The lowest BCUT2D eigenvalue weighted by molar-refractivity contribution is 0.263. The number of H-pyrrole nitrogens is 1. The quantitative estimate of drug-likeness (QED) is 0.655. The number of nitrogens with zero attached hydrogens (tertiary/aromatic N) is 3. The van der Waals surface area contributed by atoms with Crippen molar-refractivity contribution >= 4 is 11.9 Å². The number of benzene rings is 1. The predicted molar refractivity (Wildman–Crippen MR) is 103 cm³/mol. The molecule has 2 aromatic rings. The minimum atomic E-state index is -0.0689. The maximum atomic E-state index is 12.1. The average Bonchev–Trinajstić information content (AvgIpc) is 3.12. The third-order valence-corrected chi connectivity index (χ3v) is 5.46. The smallest absolute Gasteiger partial charge is 0.255 e. The summed E-state index contributed by atoms with van der Waals surface area (Å²) >= 11 is 0. The highest BCUT2D eigenvalue weighted by Crippen LogP contribution is 2.22. The number of likely N-dealkylation sites (tertiary alicyclic amines) is 1. The summed E-state index contributed by atoms with van der Waals surface area (Å²) in [6, 6.07) is 10.6. The average molecular weight is 351 g/mol. The minimum absolute atomic E-state index is 0.0689. The number of aryl methyl sites for hydroxylation is 1. The van der Waals surface area contributed by atoms with Gasteiger partial charge in [-0.3, -0.25) is 9.78 Å². The van der Waals surface area contributed by atoms with Crippen molar-refractivity contribution in [1.82, 2.24) is 14.9 Å². The molecule has 2 heterocycles. The summed E-state index contributed by atoms with van der Waals surface area (Å²) in [5, 5.41) is 0. The molecule has 0 amide bonds. The summed E-state index contributed by atoms with van der Waals surface area (Å²) in [6.45, 7) is 1.78. The number of piperidine rings is 1. The molecule has 6 heteroatoms. The second-order valence-corrected chi connectivity index (χ2v) is 7.26. The molecule has 4 rings (SSSR count). The predicted octanol–water partition coefficient (Wildman–Crippen LogP) is 2.16. The molecule has 136 valence electrons. The molecule has 26 heavy (non-hydrogen) atoms. The molecular formula is C20H25N5O. The van der Waals surface area contributed by atoms with Gasteiger partial charge in [-0.25, -0.2) is 4.98 Å². The van der Waals surface area contributed by atoms with E-state index < -0.39 is 0 Å². The van der Waals surface area contributed by atoms with Crippen LogP contribution in [0.5, 0.6) is 0 Å². The van der Waals surface area contributed by atoms with Crippen molar-refractivity contribution < 1.29 is 0 Å². The molecule has 2 aliphatic rings. The molecule has 6 nitrogen and oxygen atoms in total. The largest absolute Gasteiger partial charge is 0.369 e. The summed E-state index contributed by atoms with van der Waals surface area (Å²) in [7, 11) is 0. The second-order valence-electron chi connectivity index (χ2n) is 7.26. The van der Waals surface area contributed by atoms with Crippen LogP contribution in [0.25, 0.3) is 0 Å². The minimum Gasteiger partial charge on any atom is -0.369 e. The Labute approximate surface area is 153 Å². The Bertz CT molecular complexity index is 850. The van der Waals surface area contributed by atoms with Crippen molar-refractivity contribution in [1.29, 1.82) is 0 Å². The Morgan fingerprint density at radius 1 is 1.23 bits per heavy atom. The Balaban J connectivity index is 1.39. The number of aromatic nitrogens is 2. The zero-order chi connectivity index (χ0) is 17.9. The molecule has 1 aromatic carbocycles. The van der Waals surface area contributed by atoms with E-state index in [2.05, 4.69) is 50.2 Å². The lowest BCUT2D eigenvalue weighted by Crippen LogP contribution is -2.43. The maximum Gasteiger partial charge on any atom is 0.255 e. The highest BCUT2D eigenvalue weighted by atomic mass is 16.1. The summed E-state index contributed by atoms with van der Waals surface area (Å²) < 4.78 is 0. The van der Waals surface area contributed by atoms with Crippen LogP contribution in [0.1, 0.15) is 36.1 Å². The number of rotatable bonds is 3. The van der Waals surface area contributed by atoms with Crippen LogP contribution in [0.2, 0.25) is 0 Å². The normalized spacial score (nSPS) is 18.2. The number of aromatic amines is 1. The van der Waals surface area contributed by atoms with Crippen LogP contribution in [0, 0.1) is 5.92 Å². The van der Waals surface area contributed by atoms with E-state index in [1.165, 1.54) is 5.56 Å². The monoisotopic (exact) mass is 351 g/mol. The Morgan fingerprint density at radius 3 is 2.77 bits per heavy atom. The van der Waals surface area contributed by atoms with E-state index >= 15 is 0 Å². The van der Waals surface area contributed by atoms with Gasteiger partial charge in [0, 0.05) is 18.7 Å². The third kappa shape index (κ3) is 3.64. The highest BCUT2D eigenvalue weighted by molar-refractivity contribution is 5.80. The van der Waals surface area contributed by atoms with Crippen molar-refractivity contribution in [3.63, 3.8) is 0 Å². The van der Waals surface area contributed by atoms with Crippen molar-refractivity contribution in [3.8, 4) is 0 Å². The Kier molecular flexibility index (Phi) is 4.73. The zero-order valence-electron chi connectivity index (χ0n) is 14.9. The topological polar surface area (TPSA) is 87.4 Å². The standard InChI is InChI=1S/C20H25N5O/c21-19(24-20-22-17-8-4-7-16(17)18(26)23-20)25-11-9-15(10-12-25)13-14-5-2-1-3-6-14/h1-3,5-6,15H,4,7-13H2,(H3,21,22,23,24,26). The fourth-order valence-electron chi connectivity index (χ4n) is 3.97. The molecule has 0 saturated carbocycles. The van der Waals surface area contributed by atoms with Gasteiger partial charge in [-0.1, -0.05) is 30.3 Å². The summed E-state index contributed by atoms with van der Waals surface area (Å²) in [4.78, 5) is 25.8. The van der Waals surface area contributed by atoms with Gasteiger partial charge in [-0.05, 0) is 50.0 Å². The van der Waals surface area contributed by atoms with E-state index in [0.717, 1.165) is 62.9 Å². The lowest BCUT2D eigenvalue weighted by Gasteiger charge is -2.32. The molecule has 1 aliphatic heterocycles. The van der Waals surface area contributed by atoms with E-state index in [-0.39, 0.29) is 5.56 Å². The molecule has 3 N–H and O–H groups in total. The molecule has 0 bridgehead atoms. The van der Waals surface area contributed by atoms with Gasteiger partial charge < -0.3 is 10.6 Å². The zero-order valence-corrected chi connectivity index (χ0v) is 14.9. The van der Waals surface area contributed by atoms with E-state index in [1.54, 1.807) is 0 Å². The Morgan fingerprint density at radius 2 is 2.00 bits per heavy atom. The van der Waals surface area contributed by atoms with Gasteiger partial charge in [0.15, 0.2) is 5.96 Å². The highest BCUT2D eigenvalue weighted by Gasteiger charge is 2.21. The summed E-state index contributed by atoms with van der Waals surface area (Å²) in [5.74, 6) is 1.46. The molecule has 0 radical (unpaired) electrons. The van der Waals surface area contributed by atoms with Crippen molar-refractivity contribution in [3.05, 3.63) is 57.5 Å². The molecule has 1 saturated heterocycles. The van der Waals surface area contributed by atoms with Crippen LogP contribution in [0.3, 0.4) is 0 Å². The maximum absolute atomic E-state index is 12.1. The fourth-order valence-corrected chi connectivity index (χ4v) is 3.97. The van der Waals surface area contributed by atoms with E-state index in [1.807, 2.05) is 0 Å². The third-order valence-electron chi connectivity index (χ3n) is 5.46. The van der Waals surface area contributed by atoms with Crippen molar-refractivity contribution in [2.45, 2.75) is 38.5 Å². The molecule has 0 spiro atoms. The number of hydrogen-bond acceptors (Lipinski definition) is 3. The fraction of sp³-hybridized carbons (Fsp3) is 0.450. The number of nitrogens with two attached hydrogens (primary N) is 1. The van der Waals surface area contributed by atoms with Crippen LogP contribution >= 0.6 is 0 Å². The Hall–Kier alpha value is -2.63. The first-order valence-electron chi connectivity index (χ1n) is 9.44. The molecule has 0 atom stereocenters. The van der Waals surface area contributed by atoms with Gasteiger partial charge in [-0.2, -0.15) is 4.99 Å². The van der Waals surface area contributed by atoms with Crippen LogP contribution in [0.15, 0.2) is 40.1 Å². The van der Waals surface area contributed by atoms with Crippen molar-refractivity contribution in [2.24, 2.45) is 16.6 Å². The van der Waals surface area contributed by atoms with Gasteiger partial charge in [0.05, 0.1) is 5.69 Å². The first-order chi connectivity index (χ1) is 12.7. The van der Waals surface area contributed by atoms with E-state index in [4.69, 9.17) is 5.73 Å². The number of guanidine groups is 1. The first kappa shape index (κ1) is 16.8. The number of nitrogens with one attached hydrogen (secondary N) is 1. The lowest BCUT2D eigenvalue weighted by atomic mass is 9.90. The molecular weight excluding hydrogens is 326 g/mol. The van der Waals surface area contributed by atoms with Crippen molar-refractivity contribution in [2.75, 3.05) is 13.1 Å². The van der Waals surface area contributed by atoms with Crippen LogP contribution in [0.4, 0.5) is 5.95 Å². The van der Waals surface area contributed by atoms with Gasteiger partial charge >= 0.3 is 0 Å². The summed E-state index contributed by atoms with van der Waals surface area (Å²) in [6.07, 6.45) is 5.96. The molecule has 1 aliphatic carbocycles. The van der Waals surface area contributed by atoms with E-state index in [0.29, 0.717) is 17.8 Å². The SMILES string of the molecule is N/C(=N\c1nc2c(c(=O)[nH]1)CCC2)N1CCC(Cc2ccccc2)CC1. The molecule has 0 unspecified atom stereocenters. The van der Waals surface area contributed by atoms with E-state index in [9.17, 15) is 4.79 Å². The van der Waals surface area contributed by atoms with Crippen LogP contribution in [-0.2, 0) is 19.3 Å². The number of fused-ring (bicyclic) bond motifs is 1. The second kappa shape index (κ2) is 7.32. The molecule has 1 aromatic heterocycles. The van der Waals surface area contributed by atoms with Gasteiger partial charge in [0.2, 0.25) is 5.95 Å². The number of aliphatic imine (C=N–C) groups is 1. The van der Waals surface area contributed by atoms with Gasteiger partial charge in [0.1, 0.15) is 0 Å².